The van der Waals surface area contributed by atoms with Gasteiger partial charge in [-0.25, -0.2) is 5.84 Å². The van der Waals surface area contributed by atoms with Crippen LogP contribution < -0.4 is 21.9 Å². The molecule has 0 bridgehead atoms. The molecule has 0 radical (unpaired) electrons. The van der Waals surface area contributed by atoms with E-state index in [1.807, 2.05) is 49.9 Å². The van der Waals surface area contributed by atoms with E-state index in [-0.39, 0.29) is 35.9 Å². The number of para-hydroxylation sites is 1. The van der Waals surface area contributed by atoms with Crippen LogP contribution in [0.2, 0.25) is 0 Å². The van der Waals surface area contributed by atoms with Crippen LogP contribution in [0.15, 0.2) is 24.3 Å². The molecule has 5 atom stereocenters. The molecule has 0 aromatic heterocycles. The van der Waals surface area contributed by atoms with E-state index >= 15 is 0 Å². The minimum absolute atomic E-state index is 0.0405. The van der Waals surface area contributed by atoms with Crippen molar-refractivity contribution < 1.29 is 14.3 Å². The van der Waals surface area contributed by atoms with Gasteiger partial charge in [0.05, 0.1) is 17.8 Å². The molecule has 1 aromatic rings. The predicted octanol–water partition coefficient (Wildman–Crippen LogP) is 3.98. The summed E-state index contributed by atoms with van der Waals surface area (Å²) in [5, 5.41) is 5.23. The van der Waals surface area contributed by atoms with E-state index in [0.29, 0.717) is 26.1 Å². The van der Waals surface area contributed by atoms with Crippen LogP contribution in [-0.4, -0.2) is 92.6 Å². The average Bonchev–Trinajstić information content (AvgIpc) is 3.00. The van der Waals surface area contributed by atoms with Crippen LogP contribution in [0, 0.1) is 18.8 Å². The van der Waals surface area contributed by atoms with Crippen molar-refractivity contribution >= 4 is 17.9 Å². The van der Waals surface area contributed by atoms with E-state index in [4.69, 9.17) is 16.3 Å². The molecular formula is C33H62N6O3. The van der Waals surface area contributed by atoms with Crippen LogP contribution in [0.4, 0.5) is 5.69 Å². The first kappa shape index (κ1) is 38.0. The van der Waals surface area contributed by atoms with Gasteiger partial charge in [0.15, 0.2) is 0 Å². The van der Waals surface area contributed by atoms with Crippen molar-refractivity contribution in [3.05, 3.63) is 29.8 Å². The summed E-state index contributed by atoms with van der Waals surface area (Å²) in [6.45, 7) is 18.9. The number of piperidine rings is 1. The van der Waals surface area contributed by atoms with Crippen molar-refractivity contribution in [1.82, 2.24) is 15.1 Å². The lowest BCUT2D eigenvalue weighted by molar-refractivity contribution is -0.137. The Morgan fingerprint density at radius 1 is 1.17 bits per heavy atom. The van der Waals surface area contributed by atoms with Gasteiger partial charge in [-0.15, -0.1) is 0 Å². The molecule has 9 heteroatoms. The highest BCUT2D eigenvalue weighted by Crippen LogP contribution is 2.26. The summed E-state index contributed by atoms with van der Waals surface area (Å²) in [6.07, 6.45) is 5.26. The molecule has 242 valence electrons. The number of carbonyl (C=O) groups is 2. The highest BCUT2D eigenvalue weighted by molar-refractivity contribution is 5.83. The van der Waals surface area contributed by atoms with Gasteiger partial charge in [0.2, 0.25) is 5.91 Å². The number of nitrogens with two attached hydrogens (primary N) is 2. The number of benzene rings is 1. The number of likely N-dealkylation sites (N-methyl/N-ethyl adjacent to an activating group) is 1. The molecule has 5 N–H and O–H groups in total. The van der Waals surface area contributed by atoms with Gasteiger partial charge < -0.3 is 30.5 Å². The van der Waals surface area contributed by atoms with Crippen molar-refractivity contribution in [3.8, 4) is 0 Å². The predicted molar refractivity (Wildman–Crippen MR) is 175 cm³/mol. The highest BCUT2D eigenvalue weighted by Gasteiger charge is 2.39. The van der Waals surface area contributed by atoms with Gasteiger partial charge in [-0.2, -0.15) is 0 Å². The SMILES string of the molecule is CC.CCCN(CC)[C@@H](C=O)C1CNCC(N(CC(C)C)C(=O)C(N)C(CCCCOC)N(N)c2ccccc2C)C1. The number of aryl methyl sites for hydroxylation is 1. The average molecular weight is 591 g/mol. The fourth-order valence-corrected chi connectivity index (χ4v) is 6.04. The monoisotopic (exact) mass is 590 g/mol. The first-order valence-corrected chi connectivity index (χ1v) is 16.2. The molecule has 1 aliphatic heterocycles. The second-order valence-corrected chi connectivity index (χ2v) is 11.7. The van der Waals surface area contributed by atoms with Crippen LogP contribution in [0.25, 0.3) is 0 Å². The van der Waals surface area contributed by atoms with Gasteiger partial charge in [0.1, 0.15) is 12.3 Å². The van der Waals surface area contributed by atoms with Gasteiger partial charge in [0.25, 0.3) is 0 Å². The van der Waals surface area contributed by atoms with Crippen molar-refractivity contribution in [2.45, 2.75) is 105 Å². The fraction of sp³-hybridized carbons (Fsp3) is 0.758. The number of unbranched alkanes of at least 4 members (excludes halogenated alkanes) is 1. The number of rotatable bonds is 18. The molecule has 1 aliphatic rings. The molecule has 2 rings (SSSR count). The topological polar surface area (TPSA) is 117 Å². The summed E-state index contributed by atoms with van der Waals surface area (Å²) in [7, 11) is 1.70. The third-order valence-corrected chi connectivity index (χ3v) is 8.16. The van der Waals surface area contributed by atoms with Crippen LogP contribution >= 0.6 is 0 Å². The lowest BCUT2D eigenvalue weighted by atomic mass is 9.87. The minimum Gasteiger partial charge on any atom is -0.385 e. The van der Waals surface area contributed by atoms with Crippen molar-refractivity contribution in [3.63, 3.8) is 0 Å². The molecule has 1 heterocycles. The van der Waals surface area contributed by atoms with Crippen LogP contribution in [0.1, 0.15) is 79.2 Å². The van der Waals surface area contributed by atoms with E-state index in [2.05, 4.69) is 37.9 Å². The number of hydrogen-bond donors (Lipinski definition) is 3. The number of aldehydes is 1. The first-order valence-electron chi connectivity index (χ1n) is 16.2. The van der Waals surface area contributed by atoms with Crippen molar-refractivity contribution in [2.24, 2.45) is 23.4 Å². The Bertz CT molecular complexity index is 885. The van der Waals surface area contributed by atoms with E-state index in [9.17, 15) is 9.59 Å². The molecule has 1 amide bonds. The Morgan fingerprint density at radius 3 is 2.43 bits per heavy atom. The summed E-state index contributed by atoms with van der Waals surface area (Å²) in [4.78, 5) is 30.7. The molecule has 0 saturated carbocycles. The number of nitrogens with one attached hydrogen (secondary N) is 1. The quantitative estimate of drug-likeness (QED) is 0.102. The number of hydrazine groups is 1. The smallest absolute Gasteiger partial charge is 0.241 e. The number of anilines is 1. The minimum atomic E-state index is -0.791. The Balaban J connectivity index is 0.00000431. The molecule has 4 unspecified atom stereocenters. The lowest BCUT2D eigenvalue weighted by Gasteiger charge is -2.44. The Labute approximate surface area is 256 Å². The number of hydrogen-bond acceptors (Lipinski definition) is 8. The van der Waals surface area contributed by atoms with Crippen molar-refractivity contribution in [1.29, 1.82) is 0 Å². The second-order valence-electron chi connectivity index (χ2n) is 11.7. The van der Waals surface area contributed by atoms with Gasteiger partial charge in [-0.05, 0) is 75.6 Å². The van der Waals surface area contributed by atoms with Crippen LogP contribution in [0.5, 0.6) is 0 Å². The molecule has 9 nitrogen and oxygen atoms in total. The number of carbonyl (C=O) groups excluding carboxylic acids is 2. The zero-order valence-electron chi connectivity index (χ0n) is 27.9. The normalized spacial score (nSPS) is 19.0. The summed E-state index contributed by atoms with van der Waals surface area (Å²) in [6, 6.07) is 6.57. The Morgan fingerprint density at radius 2 is 1.86 bits per heavy atom. The summed E-state index contributed by atoms with van der Waals surface area (Å²) >= 11 is 0. The van der Waals surface area contributed by atoms with Gasteiger partial charge in [-0.3, -0.25) is 9.69 Å². The third-order valence-electron chi connectivity index (χ3n) is 8.16. The summed E-state index contributed by atoms with van der Waals surface area (Å²) in [5.41, 5.74) is 8.76. The third kappa shape index (κ3) is 11.2. The Hall–Kier alpha value is -2.04. The molecular weight excluding hydrogens is 528 g/mol. The number of amides is 1. The molecule has 1 fully saturated rings. The van der Waals surface area contributed by atoms with Crippen molar-refractivity contribution in [2.75, 3.05) is 51.4 Å². The molecule has 1 saturated heterocycles. The maximum atomic E-state index is 14.3. The zero-order valence-corrected chi connectivity index (χ0v) is 27.9. The first-order chi connectivity index (χ1) is 20.2. The number of methoxy groups -OCH3 is 1. The highest BCUT2D eigenvalue weighted by atomic mass is 16.5. The standard InChI is InChI=1S/C31H56N6O3.C2H6/c1-7-16-35(8-2)29(22-38)25-18-26(20-34-19-25)36(21-23(3)4)31(39)30(32)28(15-11-12-17-40-6)37(33)27-14-10-9-13-24(27)5;1-2/h9-10,13-14,22-23,25-26,28-30,34H,7-8,11-12,15-21,32-33H2,1-6H3;1-2H3/t25?,26?,28?,29-,30?;/m0./s1. The van der Waals surface area contributed by atoms with E-state index in [1.165, 1.54) is 0 Å². The van der Waals surface area contributed by atoms with E-state index in [0.717, 1.165) is 62.9 Å². The number of nitrogens with zero attached hydrogens (tertiary/aromatic N) is 3. The fourth-order valence-electron chi connectivity index (χ4n) is 6.04. The second kappa shape index (κ2) is 20.8. The van der Waals surface area contributed by atoms with Gasteiger partial charge in [0, 0.05) is 39.4 Å². The molecule has 0 spiro atoms. The summed E-state index contributed by atoms with van der Waals surface area (Å²) in [5.74, 6) is 7.05. The van der Waals surface area contributed by atoms with Gasteiger partial charge in [-0.1, -0.05) is 59.7 Å². The van der Waals surface area contributed by atoms with Crippen LogP contribution in [0.3, 0.4) is 0 Å². The lowest BCUT2D eigenvalue weighted by Crippen LogP contribution is -2.63. The Kier molecular flexibility index (Phi) is 18.8. The largest absolute Gasteiger partial charge is 0.385 e. The zero-order chi connectivity index (χ0) is 31.7. The molecule has 1 aromatic carbocycles. The maximum absolute atomic E-state index is 14.3. The molecule has 42 heavy (non-hydrogen) atoms. The van der Waals surface area contributed by atoms with Crippen LogP contribution in [-0.2, 0) is 14.3 Å². The summed E-state index contributed by atoms with van der Waals surface area (Å²) < 4.78 is 5.25. The van der Waals surface area contributed by atoms with E-state index in [1.54, 1.807) is 12.1 Å². The number of ether oxygens (including phenoxy) is 1. The van der Waals surface area contributed by atoms with E-state index < -0.39 is 6.04 Å². The van der Waals surface area contributed by atoms with Gasteiger partial charge >= 0.3 is 0 Å². The maximum Gasteiger partial charge on any atom is 0.241 e. The molecule has 0 aliphatic carbocycles.